The molecule has 1 N–H and O–H groups in total. The summed E-state index contributed by atoms with van der Waals surface area (Å²) >= 11 is 0. The molecule has 1 aromatic carbocycles. The van der Waals surface area contributed by atoms with E-state index in [9.17, 15) is 9.59 Å². The Morgan fingerprint density at radius 2 is 2.15 bits per heavy atom. The number of hydrogen-bond acceptors (Lipinski definition) is 6. The number of methoxy groups -OCH3 is 1. The van der Waals surface area contributed by atoms with Gasteiger partial charge >= 0.3 is 0 Å². The second-order valence-electron chi connectivity index (χ2n) is 6.65. The van der Waals surface area contributed by atoms with Gasteiger partial charge in [-0.2, -0.15) is 4.98 Å². The third-order valence-electron chi connectivity index (χ3n) is 4.80. The Balaban J connectivity index is 1.81. The van der Waals surface area contributed by atoms with Crippen LogP contribution in [0.5, 0.6) is 0 Å². The fourth-order valence-electron chi connectivity index (χ4n) is 3.49. The summed E-state index contributed by atoms with van der Waals surface area (Å²) in [6.07, 6.45) is 0.164. The Labute approximate surface area is 157 Å². The predicted octanol–water partition coefficient (Wildman–Crippen LogP) is 1.54. The van der Waals surface area contributed by atoms with E-state index < -0.39 is 5.92 Å². The number of likely N-dealkylation sites (tertiary alicyclic amines) is 1. The molecule has 0 bridgehead atoms. The topological polar surface area (TPSA) is 97.6 Å². The molecule has 0 radical (unpaired) electrons. The fraction of sp³-hybridized carbons (Fsp3) is 0.474. The van der Waals surface area contributed by atoms with Crippen LogP contribution in [-0.2, 0) is 20.9 Å². The highest BCUT2D eigenvalue weighted by molar-refractivity contribution is 5.90. The second-order valence-corrected chi connectivity index (χ2v) is 6.65. The molecule has 1 fully saturated rings. The molecule has 0 aliphatic carbocycles. The molecular weight excluding hydrogens is 348 g/mol. The van der Waals surface area contributed by atoms with E-state index in [4.69, 9.17) is 9.26 Å². The maximum Gasteiger partial charge on any atom is 0.246 e. The summed E-state index contributed by atoms with van der Waals surface area (Å²) in [7, 11) is 1.60. The monoisotopic (exact) mass is 372 g/mol. The summed E-state index contributed by atoms with van der Waals surface area (Å²) in [5.74, 6) is 0.119. The molecular formula is C19H24N4O4. The van der Waals surface area contributed by atoms with Gasteiger partial charge in [0.1, 0.15) is 0 Å². The van der Waals surface area contributed by atoms with Crippen molar-refractivity contribution in [3.05, 3.63) is 47.1 Å². The molecule has 1 aliphatic heterocycles. The number of aromatic nitrogens is 2. The number of hydrogen-bond donors (Lipinski definition) is 1. The zero-order valence-electron chi connectivity index (χ0n) is 15.8. The van der Waals surface area contributed by atoms with E-state index in [1.165, 1.54) is 0 Å². The highest BCUT2D eigenvalue weighted by atomic mass is 16.5. The molecule has 3 rings (SSSR count). The molecule has 27 heavy (non-hydrogen) atoms. The van der Waals surface area contributed by atoms with Gasteiger partial charge in [0.15, 0.2) is 5.82 Å². The van der Waals surface area contributed by atoms with E-state index in [-0.39, 0.29) is 30.8 Å². The summed E-state index contributed by atoms with van der Waals surface area (Å²) in [5, 5.41) is 6.54. The first-order valence-corrected chi connectivity index (χ1v) is 8.92. The Morgan fingerprint density at radius 1 is 1.37 bits per heavy atom. The largest absolute Gasteiger partial charge is 0.383 e. The number of rotatable bonds is 7. The number of ether oxygens (including phenoxy) is 1. The lowest BCUT2D eigenvalue weighted by Gasteiger charge is -2.29. The molecule has 1 aromatic heterocycles. The van der Waals surface area contributed by atoms with E-state index in [2.05, 4.69) is 15.5 Å². The molecule has 144 valence electrons. The first kappa shape index (κ1) is 19.0. The number of carbonyl (C=O) groups is 2. The van der Waals surface area contributed by atoms with Crippen molar-refractivity contribution >= 4 is 11.8 Å². The van der Waals surface area contributed by atoms with Gasteiger partial charge in [0.05, 0.1) is 25.1 Å². The predicted molar refractivity (Wildman–Crippen MR) is 96.5 cm³/mol. The summed E-state index contributed by atoms with van der Waals surface area (Å²) in [6.45, 7) is 4.71. The van der Waals surface area contributed by atoms with Gasteiger partial charge in [0, 0.05) is 20.1 Å². The summed E-state index contributed by atoms with van der Waals surface area (Å²) < 4.78 is 10.2. The van der Waals surface area contributed by atoms with E-state index in [1.54, 1.807) is 18.9 Å². The van der Waals surface area contributed by atoms with E-state index in [0.29, 0.717) is 24.9 Å². The highest BCUT2D eigenvalue weighted by Crippen LogP contribution is 2.39. The van der Waals surface area contributed by atoms with Crippen LogP contribution in [-0.4, -0.2) is 47.1 Å². The Hall–Kier alpha value is -2.74. The summed E-state index contributed by atoms with van der Waals surface area (Å²) in [5.41, 5.74) is 2.03. The van der Waals surface area contributed by atoms with E-state index in [1.807, 2.05) is 31.2 Å². The highest BCUT2D eigenvalue weighted by Gasteiger charge is 2.44. The Morgan fingerprint density at radius 3 is 2.81 bits per heavy atom. The minimum atomic E-state index is -0.487. The van der Waals surface area contributed by atoms with Gasteiger partial charge < -0.3 is 19.5 Å². The van der Waals surface area contributed by atoms with Gasteiger partial charge in [-0.15, -0.1) is 0 Å². The van der Waals surface area contributed by atoms with E-state index >= 15 is 0 Å². The lowest BCUT2D eigenvalue weighted by atomic mass is 9.90. The van der Waals surface area contributed by atoms with Crippen molar-refractivity contribution < 1.29 is 18.8 Å². The average molecular weight is 372 g/mol. The van der Waals surface area contributed by atoms with Gasteiger partial charge in [-0.25, -0.2) is 0 Å². The minimum absolute atomic E-state index is 0.0471. The third-order valence-corrected chi connectivity index (χ3v) is 4.80. The lowest BCUT2D eigenvalue weighted by molar-refractivity contribution is -0.129. The first-order valence-electron chi connectivity index (χ1n) is 8.92. The van der Waals surface area contributed by atoms with Crippen LogP contribution in [0.3, 0.4) is 0 Å². The normalized spacial score (nSPS) is 19.5. The van der Waals surface area contributed by atoms with Crippen molar-refractivity contribution in [3.8, 4) is 0 Å². The third kappa shape index (κ3) is 4.16. The number of nitrogens with zero attached hydrogens (tertiary/aromatic N) is 3. The first-order chi connectivity index (χ1) is 13.0. The summed E-state index contributed by atoms with van der Waals surface area (Å²) in [4.78, 5) is 31.3. The second kappa shape index (κ2) is 8.30. The average Bonchev–Trinajstić information content (AvgIpc) is 3.21. The number of amides is 2. The molecule has 8 heteroatoms. The quantitative estimate of drug-likeness (QED) is 0.792. The Kier molecular flexibility index (Phi) is 5.85. The van der Waals surface area contributed by atoms with Gasteiger partial charge in [0.25, 0.3) is 0 Å². The smallest absolute Gasteiger partial charge is 0.246 e. The molecule has 0 unspecified atom stereocenters. The lowest BCUT2D eigenvalue weighted by Crippen LogP contribution is -2.37. The maximum atomic E-state index is 12.9. The van der Waals surface area contributed by atoms with Crippen molar-refractivity contribution in [2.75, 3.05) is 20.3 Å². The van der Waals surface area contributed by atoms with Gasteiger partial charge in [-0.3, -0.25) is 9.59 Å². The number of aryl methyl sites for hydroxylation is 2. The number of carbonyl (C=O) groups excluding carboxylic acids is 2. The van der Waals surface area contributed by atoms with Crippen LogP contribution in [0.4, 0.5) is 0 Å². The zero-order chi connectivity index (χ0) is 19.4. The van der Waals surface area contributed by atoms with Crippen LogP contribution in [0.25, 0.3) is 0 Å². The molecule has 2 heterocycles. The minimum Gasteiger partial charge on any atom is -0.383 e. The van der Waals surface area contributed by atoms with Crippen LogP contribution in [0, 0.1) is 19.8 Å². The summed E-state index contributed by atoms with van der Waals surface area (Å²) in [6, 6.07) is 7.51. The molecule has 8 nitrogen and oxygen atoms in total. The van der Waals surface area contributed by atoms with Crippen LogP contribution < -0.4 is 5.32 Å². The van der Waals surface area contributed by atoms with Crippen molar-refractivity contribution in [1.82, 2.24) is 20.4 Å². The standard InChI is InChI=1S/C19H24N4O4/c1-12-6-4-5-7-14(12)18-15(10-17(24)23(18)8-9-26-3)19(25)20-11-16-21-13(2)22-27-16/h4-7,15,18H,8-11H2,1-3H3,(H,20,25)/t15-,18+/m1/s1. The van der Waals surface area contributed by atoms with Crippen molar-refractivity contribution in [2.45, 2.75) is 32.9 Å². The molecule has 1 aliphatic rings. The fourth-order valence-corrected chi connectivity index (χ4v) is 3.49. The van der Waals surface area contributed by atoms with E-state index in [0.717, 1.165) is 11.1 Å². The van der Waals surface area contributed by atoms with Gasteiger partial charge in [-0.05, 0) is 25.0 Å². The van der Waals surface area contributed by atoms with Crippen molar-refractivity contribution in [3.63, 3.8) is 0 Å². The van der Waals surface area contributed by atoms with Crippen molar-refractivity contribution in [2.24, 2.45) is 5.92 Å². The molecule has 0 saturated carbocycles. The molecule has 2 aromatic rings. The molecule has 2 amide bonds. The van der Waals surface area contributed by atoms with Gasteiger partial charge in [-0.1, -0.05) is 29.4 Å². The van der Waals surface area contributed by atoms with Crippen molar-refractivity contribution in [1.29, 1.82) is 0 Å². The SMILES string of the molecule is COCCN1C(=O)C[C@@H](C(=O)NCc2nc(C)no2)[C@@H]1c1ccccc1C. The zero-order valence-corrected chi connectivity index (χ0v) is 15.8. The maximum absolute atomic E-state index is 12.9. The number of benzene rings is 1. The van der Waals surface area contributed by atoms with Crippen LogP contribution in [0.2, 0.25) is 0 Å². The van der Waals surface area contributed by atoms with Crippen LogP contribution >= 0.6 is 0 Å². The van der Waals surface area contributed by atoms with Gasteiger partial charge in [0.2, 0.25) is 17.7 Å². The molecule has 0 spiro atoms. The molecule has 2 atom stereocenters. The van der Waals surface area contributed by atoms with Crippen LogP contribution in [0.1, 0.15) is 35.3 Å². The number of nitrogens with one attached hydrogen (secondary N) is 1. The molecule has 1 saturated heterocycles. The Bertz CT molecular complexity index is 820. The van der Waals surface area contributed by atoms with Crippen LogP contribution in [0.15, 0.2) is 28.8 Å².